The van der Waals surface area contributed by atoms with Crippen LogP contribution in [0.2, 0.25) is 0 Å². The monoisotopic (exact) mass is 434 g/mol. The predicted molar refractivity (Wildman–Crippen MR) is 135 cm³/mol. The van der Waals surface area contributed by atoms with Crippen molar-refractivity contribution in [1.29, 1.82) is 0 Å². The summed E-state index contributed by atoms with van der Waals surface area (Å²) in [6, 6.07) is 33.6. The van der Waals surface area contributed by atoms with Crippen LogP contribution >= 0.6 is 0 Å². The Labute approximate surface area is 196 Å². The first-order valence-electron chi connectivity index (χ1n) is 12.0. The zero-order valence-corrected chi connectivity index (χ0v) is 19.1. The van der Waals surface area contributed by atoms with E-state index in [-0.39, 0.29) is 5.75 Å². The van der Waals surface area contributed by atoms with Gasteiger partial charge in [0.1, 0.15) is 11.5 Å². The second-order valence-corrected chi connectivity index (χ2v) is 8.82. The van der Waals surface area contributed by atoms with Crippen molar-refractivity contribution < 1.29 is 9.84 Å². The third kappa shape index (κ3) is 3.70. The molecule has 0 spiro atoms. The predicted octanol–water partition coefficient (Wildman–Crippen LogP) is 7.71. The Morgan fingerprint density at radius 1 is 0.636 bits per heavy atom. The summed E-state index contributed by atoms with van der Waals surface area (Å²) < 4.78 is 6.03. The molecule has 0 atom stereocenters. The Morgan fingerprint density at radius 2 is 1.18 bits per heavy atom. The highest BCUT2D eigenvalue weighted by molar-refractivity contribution is 5.86. The Bertz CT molecular complexity index is 1180. The van der Waals surface area contributed by atoms with E-state index in [9.17, 15) is 5.11 Å². The third-order valence-corrected chi connectivity index (χ3v) is 6.81. The van der Waals surface area contributed by atoms with Crippen LogP contribution in [0.3, 0.4) is 0 Å². The third-order valence-electron chi connectivity index (χ3n) is 6.81. The lowest BCUT2D eigenvalue weighted by Gasteiger charge is -2.34. The summed E-state index contributed by atoms with van der Waals surface area (Å²) in [5, 5.41) is 10.0. The fourth-order valence-corrected chi connectivity index (χ4v) is 5.26. The van der Waals surface area contributed by atoms with Crippen LogP contribution in [-0.4, -0.2) is 11.7 Å². The van der Waals surface area contributed by atoms with Crippen LogP contribution in [0.4, 0.5) is 0 Å². The average molecular weight is 435 g/mol. The Morgan fingerprint density at radius 3 is 1.76 bits per heavy atom. The van der Waals surface area contributed by atoms with E-state index < -0.39 is 5.41 Å². The van der Waals surface area contributed by atoms with Gasteiger partial charge in [-0.1, -0.05) is 99.0 Å². The molecule has 33 heavy (non-hydrogen) atoms. The number of aromatic hydroxyl groups is 1. The first kappa shape index (κ1) is 21.3. The van der Waals surface area contributed by atoms with Gasteiger partial charge < -0.3 is 9.84 Å². The van der Waals surface area contributed by atoms with Crippen molar-refractivity contribution in [2.45, 2.75) is 38.0 Å². The highest BCUT2D eigenvalue weighted by atomic mass is 16.5. The van der Waals surface area contributed by atoms with Crippen LogP contribution in [-0.2, 0) is 5.41 Å². The van der Waals surface area contributed by atoms with Gasteiger partial charge in [-0.05, 0) is 64.1 Å². The van der Waals surface area contributed by atoms with Gasteiger partial charge in [-0.25, -0.2) is 0 Å². The van der Waals surface area contributed by atoms with Gasteiger partial charge >= 0.3 is 0 Å². The molecular weight excluding hydrogens is 404 g/mol. The first-order valence-corrected chi connectivity index (χ1v) is 12.0. The highest BCUT2D eigenvalue weighted by Crippen LogP contribution is 2.56. The van der Waals surface area contributed by atoms with Gasteiger partial charge in [0.05, 0.1) is 12.0 Å². The lowest BCUT2D eigenvalue weighted by molar-refractivity contribution is 0.305. The molecule has 0 amide bonds. The molecule has 0 fully saturated rings. The molecule has 0 saturated carbocycles. The van der Waals surface area contributed by atoms with Gasteiger partial charge in [0, 0.05) is 0 Å². The minimum Gasteiger partial charge on any atom is -0.508 e. The number of hydrogen-bond acceptors (Lipinski definition) is 2. The Kier molecular flexibility index (Phi) is 5.92. The van der Waals surface area contributed by atoms with Crippen LogP contribution in [0.15, 0.2) is 97.1 Å². The van der Waals surface area contributed by atoms with Crippen molar-refractivity contribution in [2.75, 3.05) is 6.61 Å². The van der Waals surface area contributed by atoms with Crippen molar-refractivity contribution >= 4 is 0 Å². The summed E-state index contributed by atoms with van der Waals surface area (Å²) in [4.78, 5) is 0. The maximum absolute atomic E-state index is 10.0. The minimum atomic E-state index is -0.444. The molecule has 1 aliphatic rings. The molecule has 2 heteroatoms. The standard InChI is InChI=1S/C31H30O2/c1-2-3-4-9-22-33-26-20-16-24(17-21-26)31(23-14-18-25(32)19-15-23)29-12-7-5-10-27(29)28-11-6-8-13-30(28)31/h5-8,10-21,32H,2-4,9,22H2,1H3. The van der Waals surface area contributed by atoms with Crippen LogP contribution in [0.25, 0.3) is 11.1 Å². The summed E-state index contributed by atoms with van der Waals surface area (Å²) in [5.41, 5.74) is 6.96. The molecule has 0 heterocycles. The summed E-state index contributed by atoms with van der Waals surface area (Å²) >= 11 is 0. The van der Waals surface area contributed by atoms with Gasteiger partial charge in [0.2, 0.25) is 0 Å². The molecule has 0 unspecified atom stereocenters. The maximum Gasteiger partial charge on any atom is 0.119 e. The number of fused-ring (bicyclic) bond motifs is 3. The van der Waals surface area contributed by atoms with Crippen LogP contribution in [0.5, 0.6) is 11.5 Å². The molecule has 0 aliphatic heterocycles. The van der Waals surface area contributed by atoms with Gasteiger partial charge in [-0.15, -0.1) is 0 Å². The van der Waals surface area contributed by atoms with Gasteiger partial charge in [-0.2, -0.15) is 0 Å². The summed E-state index contributed by atoms with van der Waals surface area (Å²) in [6.45, 7) is 2.98. The molecule has 4 aromatic rings. The second-order valence-electron chi connectivity index (χ2n) is 8.82. The summed E-state index contributed by atoms with van der Waals surface area (Å²) in [5.74, 6) is 1.19. The van der Waals surface area contributed by atoms with E-state index in [2.05, 4.69) is 79.7 Å². The van der Waals surface area contributed by atoms with E-state index >= 15 is 0 Å². The lowest BCUT2D eigenvalue weighted by atomic mass is 9.68. The molecule has 1 N–H and O–H groups in total. The second kappa shape index (κ2) is 9.15. The van der Waals surface area contributed by atoms with E-state index in [0.717, 1.165) is 24.3 Å². The molecular formula is C31H30O2. The number of phenols is 1. The van der Waals surface area contributed by atoms with E-state index in [1.54, 1.807) is 12.1 Å². The van der Waals surface area contributed by atoms with Crippen molar-refractivity contribution in [2.24, 2.45) is 0 Å². The Balaban J connectivity index is 1.61. The van der Waals surface area contributed by atoms with Crippen LogP contribution in [0.1, 0.15) is 54.9 Å². The molecule has 166 valence electrons. The smallest absolute Gasteiger partial charge is 0.119 e. The van der Waals surface area contributed by atoms with E-state index in [4.69, 9.17) is 4.74 Å². The van der Waals surface area contributed by atoms with Crippen LogP contribution < -0.4 is 4.74 Å². The molecule has 4 aromatic carbocycles. The number of unbranched alkanes of at least 4 members (excludes halogenated alkanes) is 3. The number of benzene rings is 4. The maximum atomic E-state index is 10.0. The topological polar surface area (TPSA) is 29.5 Å². The number of rotatable bonds is 8. The molecule has 0 bridgehead atoms. The van der Waals surface area contributed by atoms with Crippen LogP contribution in [0, 0.1) is 0 Å². The van der Waals surface area contributed by atoms with Crippen molar-refractivity contribution in [3.05, 3.63) is 119 Å². The normalized spacial score (nSPS) is 13.4. The van der Waals surface area contributed by atoms with Gasteiger partial charge in [0.15, 0.2) is 0 Å². The highest BCUT2D eigenvalue weighted by Gasteiger charge is 2.45. The lowest BCUT2D eigenvalue weighted by Crippen LogP contribution is -2.28. The molecule has 0 radical (unpaired) electrons. The molecule has 2 nitrogen and oxygen atoms in total. The quantitative estimate of drug-likeness (QED) is 0.253. The van der Waals surface area contributed by atoms with E-state index in [0.29, 0.717) is 0 Å². The first-order chi connectivity index (χ1) is 16.2. The largest absolute Gasteiger partial charge is 0.508 e. The van der Waals surface area contributed by atoms with Crippen molar-refractivity contribution in [3.63, 3.8) is 0 Å². The fraction of sp³-hybridized carbons (Fsp3) is 0.226. The summed E-state index contributed by atoms with van der Waals surface area (Å²) in [7, 11) is 0. The number of ether oxygens (including phenoxy) is 1. The van der Waals surface area contributed by atoms with Crippen molar-refractivity contribution in [1.82, 2.24) is 0 Å². The van der Waals surface area contributed by atoms with E-state index in [1.807, 2.05) is 12.1 Å². The SMILES string of the molecule is CCCCCCOc1ccc(C2(c3ccc(O)cc3)c3ccccc3-c3ccccc32)cc1. The van der Waals surface area contributed by atoms with Gasteiger partial charge in [0.25, 0.3) is 0 Å². The fourth-order valence-electron chi connectivity index (χ4n) is 5.26. The number of phenolic OH excluding ortho intramolecular Hbond substituents is 1. The molecule has 5 rings (SSSR count). The Hall–Kier alpha value is -3.52. The summed E-state index contributed by atoms with van der Waals surface area (Å²) in [6.07, 6.45) is 4.80. The molecule has 1 aliphatic carbocycles. The minimum absolute atomic E-state index is 0.278. The molecule has 0 aromatic heterocycles. The van der Waals surface area contributed by atoms with Crippen molar-refractivity contribution in [3.8, 4) is 22.6 Å². The van der Waals surface area contributed by atoms with Gasteiger partial charge in [-0.3, -0.25) is 0 Å². The van der Waals surface area contributed by atoms with E-state index in [1.165, 1.54) is 47.1 Å². The zero-order chi connectivity index (χ0) is 22.7. The zero-order valence-electron chi connectivity index (χ0n) is 19.1. The number of hydrogen-bond donors (Lipinski definition) is 1. The average Bonchev–Trinajstić information content (AvgIpc) is 3.16. The molecule has 0 saturated heterocycles.